The first-order chi connectivity index (χ1) is 12.9. The van der Waals surface area contributed by atoms with Gasteiger partial charge in [0.2, 0.25) is 0 Å². The first-order valence-electron chi connectivity index (χ1n) is 8.86. The summed E-state index contributed by atoms with van der Waals surface area (Å²) in [7, 11) is 20.0. The summed E-state index contributed by atoms with van der Waals surface area (Å²) < 4.78 is 3.13. The Kier molecular flexibility index (Phi) is 4.40. The van der Waals surface area contributed by atoms with E-state index in [4.69, 9.17) is 26.4 Å². The third-order valence-electron chi connectivity index (χ3n) is 5.64. The fourth-order valence-electron chi connectivity index (χ4n) is 4.39. The Bertz CT molecular complexity index is 1140. The molecule has 3 aromatic carbocycles. The molecule has 0 nitrogen and oxygen atoms in total. The monoisotopic (exact) mass is 551 g/mol. The molecule has 0 aromatic heterocycles. The molecule has 5 rings (SSSR count). The van der Waals surface area contributed by atoms with Gasteiger partial charge in [0.1, 0.15) is 0 Å². The van der Waals surface area contributed by atoms with Crippen LogP contribution in [0.15, 0.2) is 65.1 Å². The Morgan fingerprint density at radius 3 is 2.52 bits per heavy atom. The van der Waals surface area contributed by atoms with Gasteiger partial charge >= 0.3 is 181 Å². The molecule has 0 saturated heterocycles. The summed E-state index contributed by atoms with van der Waals surface area (Å²) in [6.45, 7) is 0. The van der Waals surface area contributed by atoms with Gasteiger partial charge in [-0.15, -0.1) is 0 Å². The summed E-state index contributed by atoms with van der Waals surface area (Å²) in [6.07, 6.45) is 6.12. The molecule has 27 heavy (non-hydrogen) atoms. The van der Waals surface area contributed by atoms with Crippen molar-refractivity contribution in [1.29, 1.82) is 0 Å². The first kappa shape index (κ1) is 18.7. The summed E-state index contributed by atoms with van der Waals surface area (Å²) >= 11 is -1.12. The van der Waals surface area contributed by atoms with E-state index in [1.165, 1.54) is 27.8 Å². The Morgan fingerprint density at radius 2 is 1.67 bits per heavy atom. The molecular weight excluding hydrogens is 538 g/mol. The van der Waals surface area contributed by atoms with Crippen molar-refractivity contribution in [3.05, 3.63) is 87.4 Å². The van der Waals surface area contributed by atoms with Crippen LogP contribution in [0.3, 0.4) is 0 Å². The molecule has 0 amide bonds. The summed E-state index contributed by atoms with van der Waals surface area (Å²) in [4.78, 5) is 0. The van der Waals surface area contributed by atoms with E-state index >= 15 is 0 Å². The normalized spacial score (nSPS) is 15.8. The molecule has 0 fully saturated rings. The van der Waals surface area contributed by atoms with Gasteiger partial charge in [-0.2, -0.15) is 0 Å². The minimum atomic E-state index is -4.79. The molecule has 0 radical (unpaired) electrons. The quantitative estimate of drug-likeness (QED) is 0.273. The minimum absolute atomic E-state index is 0.895. The second-order valence-corrected chi connectivity index (χ2v) is 34.0. The summed E-state index contributed by atoms with van der Waals surface area (Å²) in [5.41, 5.74) is 7.43. The first-order valence-corrected chi connectivity index (χ1v) is 22.2. The number of halogens is 3. The van der Waals surface area contributed by atoms with Crippen LogP contribution < -0.4 is 6.54 Å². The maximum atomic E-state index is 7.42. The van der Waals surface area contributed by atoms with Crippen molar-refractivity contribution >= 4 is 55.0 Å². The van der Waals surface area contributed by atoms with Crippen molar-refractivity contribution in [2.45, 2.75) is 12.8 Å². The molecule has 3 aromatic rings. The van der Waals surface area contributed by atoms with Gasteiger partial charge in [0.05, 0.1) is 0 Å². The van der Waals surface area contributed by atoms with Gasteiger partial charge in [0.15, 0.2) is 0 Å². The van der Waals surface area contributed by atoms with Crippen LogP contribution in [0.2, 0.25) is 0 Å². The molecule has 2 aliphatic rings. The van der Waals surface area contributed by atoms with Gasteiger partial charge in [-0.3, -0.25) is 0 Å². The topological polar surface area (TPSA) is 0 Å². The number of hydrogen-bond donors (Lipinski definition) is 1. The van der Waals surface area contributed by atoms with E-state index in [0.29, 0.717) is 0 Å². The van der Waals surface area contributed by atoms with E-state index in [1.807, 2.05) is 0 Å². The predicted octanol–water partition coefficient (Wildman–Crippen LogP) is 6.38. The van der Waals surface area contributed by atoms with Crippen molar-refractivity contribution in [2.75, 3.05) is 0 Å². The Labute approximate surface area is 179 Å². The molecule has 0 N–H and O–H groups in total. The zero-order valence-corrected chi connectivity index (χ0v) is 20.8. The van der Waals surface area contributed by atoms with Crippen LogP contribution in [0.4, 0.5) is 0 Å². The van der Waals surface area contributed by atoms with Crippen molar-refractivity contribution < 1.29 is 14.9 Å². The average Bonchev–Trinajstić information content (AvgIpc) is 3.26. The van der Waals surface area contributed by atoms with E-state index < -0.39 is 14.9 Å². The average molecular weight is 554 g/mol. The number of thiol groups is 1. The summed E-state index contributed by atoms with van der Waals surface area (Å²) in [6, 6.07) is 19.0. The predicted molar refractivity (Wildman–Crippen MR) is 122 cm³/mol. The molecule has 0 bridgehead atoms. The number of benzene rings is 3. The van der Waals surface area contributed by atoms with Crippen molar-refractivity contribution in [2.24, 2.45) is 0 Å². The van der Waals surface area contributed by atoms with Gasteiger partial charge in [-0.25, -0.2) is 0 Å². The van der Waals surface area contributed by atoms with Crippen LogP contribution in [0.5, 0.6) is 0 Å². The fraction of sp³-hybridized carbons (Fsp3) is 0.0909. The van der Waals surface area contributed by atoms with Crippen LogP contribution in [0.1, 0.15) is 22.3 Å². The zero-order valence-electron chi connectivity index (χ0n) is 14.3. The third-order valence-corrected chi connectivity index (χ3v) is 20.7. The van der Waals surface area contributed by atoms with Gasteiger partial charge in [0, 0.05) is 0 Å². The molecule has 0 aliphatic heterocycles. The van der Waals surface area contributed by atoms with E-state index in [2.05, 4.69) is 82.7 Å². The van der Waals surface area contributed by atoms with Crippen LogP contribution >= 0.6 is 42.3 Å². The molecule has 0 spiro atoms. The molecule has 2 aliphatic carbocycles. The van der Waals surface area contributed by atoms with Crippen LogP contribution in [-0.2, 0) is 27.8 Å². The molecule has 0 heterocycles. The van der Waals surface area contributed by atoms with E-state index in [1.54, 1.807) is 0 Å². The molecule has 0 saturated carbocycles. The van der Waals surface area contributed by atoms with Gasteiger partial charge in [0.25, 0.3) is 0 Å². The van der Waals surface area contributed by atoms with Crippen molar-refractivity contribution in [1.82, 2.24) is 0 Å². The number of rotatable bonds is 2. The molecule has 0 atom stereocenters. The third kappa shape index (κ3) is 2.81. The van der Waals surface area contributed by atoms with Crippen LogP contribution in [0, 0.1) is 0 Å². The molecule has 5 heteroatoms. The number of hydrogen-bond acceptors (Lipinski definition) is 1. The second kappa shape index (κ2) is 6.34. The Morgan fingerprint density at radius 1 is 0.889 bits per heavy atom. The Balaban J connectivity index is 1.81. The van der Waals surface area contributed by atoms with Crippen LogP contribution in [0.25, 0.3) is 17.2 Å². The van der Waals surface area contributed by atoms with E-state index in [0.717, 1.165) is 29.4 Å². The fourth-order valence-corrected chi connectivity index (χ4v) is 17.0. The Hall–Kier alpha value is -0.307. The number of fused-ring (bicyclic) bond motifs is 4. The molecule has 0 unspecified atom stereocenters. The zero-order chi connectivity index (χ0) is 18.8. The van der Waals surface area contributed by atoms with Crippen molar-refractivity contribution in [3.63, 3.8) is 0 Å². The van der Waals surface area contributed by atoms with Crippen molar-refractivity contribution in [3.8, 4) is 11.1 Å². The van der Waals surface area contributed by atoms with E-state index in [-0.39, 0.29) is 0 Å². The van der Waals surface area contributed by atoms with Gasteiger partial charge in [-0.1, -0.05) is 0 Å². The molecule has 135 valence electrons. The maximum absolute atomic E-state index is 7.42. The standard InChI is InChI=1S/C13H9.C9H6Br.2ClH.H2S.Zr/c1-3-7-12-10(5-1)9-11-6-2-4-8-13(11)12;10-9-6-2-4-7-3-1-5-8(7)9;;;;/h1-7H,9H2;1-3,6H,5H2;2*1H;1H2;/q;;;;;+3/p-3. The summed E-state index contributed by atoms with van der Waals surface area (Å²) in [5.74, 6) is 0. The van der Waals surface area contributed by atoms with E-state index in [9.17, 15) is 0 Å². The summed E-state index contributed by atoms with van der Waals surface area (Å²) in [5, 5.41) is 0. The number of allylic oxidation sites excluding steroid dienone is 1. The SMILES string of the molecule is [SH][Zr]([Cl])([Cl])([c]1ccc(Br)c2c1C=CC2)[c]1cccc2c1-c1ccccc1C2. The van der Waals surface area contributed by atoms with Gasteiger partial charge < -0.3 is 0 Å². The molecular formula is C22H16BrCl2SZr. The van der Waals surface area contributed by atoms with Gasteiger partial charge in [-0.05, 0) is 0 Å². The second-order valence-electron chi connectivity index (χ2n) is 7.23. The van der Waals surface area contributed by atoms with Crippen LogP contribution in [-0.4, -0.2) is 0 Å².